The number of aryl methyl sites for hydroxylation is 1. The third-order valence-electron chi connectivity index (χ3n) is 12.1. The highest BCUT2D eigenvalue weighted by atomic mass is 79.9. The first-order chi connectivity index (χ1) is 26.4. The van der Waals surface area contributed by atoms with Gasteiger partial charge in [0.25, 0.3) is 0 Å². The molecule has 2 saturated carbocycles. The largest absolute Gasteiger partial charge is 0.472 e. The molecule has 0 bridgehead atoms. The fourth-order valence-corrected chi connectivity index (χ4v) is 12.0. The van der Waals surface area contributed by atoms with Crippen LogP contribution in [0.3, 0.4) is 0 Å². The second kappa shape index (κ2) is 16.5. The second-order valence-electron chi connectivity index (χ2n) is 15.8. The summed E-state index contributed by atoms with van der Waals surface area (Å²) in [7, 11) is -4.39. The van der Waals surface area contributed by atoms with Gasteiger partial charge < -0.3 is 24.6 Å². The summed E-state index contributed by atoms with van der Waals surface area (Å²) in [6, 6.07) is 5.04. The fraction of sp³-hybridized carbons (Fsp3) is 0.575. The number of benzene rings is 2. The van der Waals surface area contributed by atoms with Gasteiger partial charge in [-0.25, -0.2) is 23.5 Å². The summed E-state index contributed by atoms with van der Waals surface area (Å²) in [5, 5.41) is 2.07. The molecule has 4 fully saturated rings. The number of ether oxygens (including phenoxy) is 2. The third-order valence-corrected chi connectivity index (χ3v) is 16.0. The van der Waals surface area contributed by atoms with E-state index in [-0.39, 0.29) is 43.7 Å². The van der Waals surface area contributed by atoms with Crippen molar-refractivity contribution in [1.82, 2.24) is 20.2 Å². The molecule has 0 radical (unpaired) electrons. The van der Waals surface area contributed by atoms with Crippen molar-refractivity contribution in [2.24, 2.45) is 5.92 Å². The SMILES string of the molecule is Cc1ccc2c(OC3C[C@H]4C(=O)C[C@]5(P(=O)(O)Cc6c(F)cccc6F)C[C@@H]5CCCCCCC[C@H](NC(=O)OC5CCCC5)C(=O)N4C3)ncnc2c1Br. The van der Waals surface area contributed by atoms with E-state index in [1.165, 1.54) is 17.3 Å². The molecule has 0 spiro atoms. The van der Waals surface area contributed by atoms with Gasteiger partial charge in [0, 0.05) is 22.9 Å². The van der Waals surface area contributed by atoms with Gasteiger partial charge in [0.15, 0.2) is 5.78 Å². The average molecular weight is 846 g/mol. The van der Waals surface area contributed by atoms with Crippen LogP contribution in [-0.4, -0.2) is 73.5 Å². The van der Waals surface area contributed by atoms with Crippen molar-refractivity contribution in [3.63, 3.8) is 0 Å². The van der Waals surface area contributed by atoms with E-state index in [1.807, 2.05) is 19.1 Å². The fourth-order valence-electron chi connectivity index (χ4n) is 8.90. The van der Waals surface area contributed by atoms with Gasteiger partial charge in [-0.1, -0.05) is 44.2 Å². The number of hydrogen-bond donors (Lipinski definition) is 2. The van der Waals surface area contributed by atoms with Crippen LogP contribution in [0, 0.1) is 24.5 Å². The van der Waals surface area contributed by atoms with E-state index >= 15 is 0 Å². The van der Waals surface area contributed by atoms with Crippen LogP contribution in [0.2, 0.25) is 0 Å². The molecule has 4 aliphatic rings. The lowest BCUT2D eigenvalue weighted by Gasteiger charge is -2.30. The van der Waals surface area contributed by atoms with Crippen LogP contribution in [0.4, 0.5) is 13.6 Å². The maximum Gasteiger partial charge on any atom is 0.408 e. The van der Waals surface area contributed by atoms with Crippen molar-refractivity contribution in [2.75, 3.05) is 6.54 Å². The Bertz CT molecular complexity index is 1980. The average Bonchev–Trinajstić information content (AvgIpc) is 3.42. The first kappa shape index (κ1) is 39.7. The van der Waals surface area contributed by atoms with E-state index in [1.54, 1.807) is 0 Å². The van der Waals surface area contributed by atoms with Crippen LogP contribution in [0.25, 0.3) is 10.9 Å². The minimum atomic E-state index is -4.39. The van der Waals surface area contributed by atoms with E-state index in [0.29, 0.717) is 30.2 Å². The summed E-state index contributed by atoms with van der Waals surface area (Å²) in [5.74, 6) is -2.74. The van der Waals surface area contributed by atoms with Crippen LogP contribution < -0.4 is 10.1 Å². The molecule has 2 saturated heterocycles. The number of nitrogens with zero attached hydrogens (tertiary/aromatic N) is 3. The van der Waals surface area contributed by atoms with Gasteiger partial charge in [-0.2, -0.15) is 0 Å². The zero-order valence-electron chi connectivity index (χ0n) is 31.0. The number of carbonyl (C=O) groups is 3. The number of alkyl carbamates (subject to hydrolysis) is 1. The number of carbonyl (C=O) groups excluding carboxylic acids is 3. The predicted octanol–water partition coefficient (Wildman–Crippen LogP) is 8.30. The van der Waals surface area contributed by atoms with Crippen molar-refractivity contribution in [1.29, 1.82) is 0 Å². The summed E-state index contributed by atoms with van der Waals surface area (Å²) in [6.45, 7) is 1.94. The Balaban J connectivity index is 1.20. The summed E-state index contributed by atoms with van der Waals surface area (Å²) in [6.07, 6.45) is 7.39. The highest BCUT2D eigenvalue weighted by molar-refractivity contribution is 9.10. The Morgan fingerprint density at radius 2 is 1.69 bits per heavy atom. The van der Waals surface area contributed by atoms with Gasteiger partial charge in [-0.15, -0.1) is 0 Å². The van der Waals surface area contributed by atoms with E-state index < -0.39 is 71.9 Å². The van der Waals surface area contributed by atoms with E-state index in [4.69, 9.17) is 9.47 Å². The molecule has 2 aliphatic heterocycles. The molecule has 15 heteroatoms. The zero-order valence-corrected chi connectivity index (χ0v) is 33.5. The van der Waals surface area contributed by atoms with Gasteiger partial charge in [0.2, 0.25) is 19.2 Å². The molecule has 7 rings (SSSR count). The topological polar surface area (TPSA) is 148 Å². The number of ketones is 1. The molecule has 55 heavy (non-hydrogen) atoms. The van der Waals surface area contributed by atoms with Crippen LogP contribution in [-0.2, 0) is 25.1 Å². The first-order valence-corrected chi connectivity index (χ1v) is 22.1. The number of rotatable bonds is 7. The normalized spacial score (nSPS) is 27.8. The Morgan fingerprint density at radius 3 is 2.44 bits per heavy atom. The summed E-state index contributed by atoms with van der Waals surface area (Å²) in [4.78, 5) is 64.3. The number of aromatic nitrogens is 2. The Hall–Kier alpha value is -3.48. The van der Waals surface area contributed by atoms with Gasteiger partial charge >= 0.3 is 6.09 Å². The Labute approximate surface area is 327 Å². The molecule has 2 aliphatic carbocycles. The molecule has 1 aromatic heterocycles. The molecular formula is C40H48BrF2N4O7P. The number of halogens is 3. The predicted molar refractivity (Wildman–Crippen MR) is 205 cm³/mol. The van der Waals surface area contributed by atoms with Crippen LogP contribution in [0.5, 0.6) is 5.88 Å². The monoisotopic (exact) mass is 844 g/mol. The Morgan fingerprint density at radius 1 is 1.00 bits per heavy atom. The third kappa shape index (κ3) is 8.47. The van der Waals surface area contributed by atoms with Crippen LogP contribution >= 0.6 is 23.3 Å². The maximum absolute atomic E-state index is 14.8. The minimum absolute atomic E-state index is 0.00271. The van der Waals surface area contributed by atoms with E-state index in [9.17, 15) is 32.6 Å². The molecule has 2 aromatic carbocycles. The summed E-state index contributed by atoms with van der Waals surface area (Å²) < 4.78 is 56.9. The standard InChI is InChI=1S/C40H48BrF2N4O7P/c1-24-16-17-28-36(35(24)41)44-23-45-37(28)53-27-18-33-34(48)20-40(55(51,52)22-29-30(42)13-9-14-31(29)43)19-25(40)10-5-3-2-4-6-15-32(38(49)47(33)21-27)46-39(50)54-26-11-7-8-12-26/h9,13-14,16-17,23,25-27,32-33H,2-8,10-12,15,18-22H2,1H3,(H,46,50)(H,51,52)/t25-,27?,32-,33-,40+/m0/s1. The summed E-state index contributed by atoms with van der Waals surface area (Å²) >= 11 is 3.59. The number of hydrogen-bond acceptors (Lipinski definition) is 8. The van der Waals surface area contributed by atoms with Gasteiger partial charge in [0.05, 0.1) is 34.8 Å². The Kier molecular flexibility index (Phi) is 12.0. The van der Waals surface area contributed by atoms with Crippen molar-refractivity contribution in [3.8, 4) is 5.88 Å². The lowest BCUT2D eigenvalue weighted by atomic mass is 10.0. The smallest absolute Gasteiger partial charge is 0.408 e. The van der Waals surface area contributed by atoms with Crippen molar-refractivity contribution < 1.29 is 42.1 Å². The highest BCUT2D eigenvalue weighted by Crippen LogP contribution is 2.75. The molecule has 3 heterocycles. The quantitative estimate of drug-likeness (QED) is 0.224. The number of Topliss-reactive ketones (excluding diaryl/α,β-unsaturated/α-hetero) is 1. The van der Waals surface area contributed by atoms with E-state index in [0.717, 1.165) is 73.5 Å². The van der Waals surface area contributed by atoms with Crippen molar-refractivity contribution in [3.05, 3.63) is 63.9 Å². The molecule has 6 atom stereocenters. The van der Waals surface area contributed by atoms with Crippen molar-refractivity contribution >= 4 is 52.0 Å². The highest BCUT2D eigenvalue weighted by Gasteiger charge is 2.66. The lowest BCUT2D eigenvalue weighted by molar-refractivity contribution is -0.139. The van der Waals surface area contributed by atoms with Gasteiger partial charge in [-0.05, 0) is 97.5 Å². The van der Waals surface area contributed by atoms with Crippen molar-refractivity contribution in [2.45, 2.75) is 132 Å². The molecule has 2 unspecified atom stereocenters. The summed E-state index contributed by atoms with van der Waals surface area (Å²) in [5.41, 5.74) is 1.14. The van der Waals surface area contributed by atoms with E-state index in [2.05, 4.69) is 31.2 Å². The molecule has 2 amide bonds. The molecule has 296 valence electrons. The maximum atomic E-state index is 14.8. The second-order valence-corrected chi connectivity index (χ2v) is 19.2. The van der Waals surface area contributed by atoms with Crippen LogP contribution in [0.1, 0.15) is 101 Å². The zero-order chi connectivity index (χ0) is 38.9. The lowest BCUT2D eigenvalue weighted by Crippen LogP contribution is -2.52. The minimum Gasteiger partial charge on any atom is -0.472 e. The molecule has 11 nitrogen and oxygen atoms in total. The molecular weight excluding hydrogens is 797 g/mol. The number of nitrogens with one attached hydrogen (secondary N) is 1. The van der Waals surface area contributed by atoms with Gasteiger partial charge in [-0.3, -0.25) is 14.2 Å². The van der Waals surface area contributed by atoms with Gasteiger partial charge in [0.1, 0.15) is 36.2 Å². The molecule has 2 N–H and O–H groups in total. The number of amides is 2. The molecule has 3 aromatic rings. The van der Waals surface area contributed by atoms with Crippen LogP contribution in [0.15, 0.2) is 41.1 Å². The first-order valence-electron chi connectivity index (χ1n) is 19.5. The number of fused-ring (bicyclic) bond motifs is 3.